The van der Waals surface area contributed by atoms with Gasteiger partial charge in [-0.2, -0.15) is 13.2 Å². The van der Waals surface area contributed by atoms with Crippen molar-refractivity contribution in [1.82, 2.24) is 10.2 Å². The molecular formula is C14H19Cl2F3N2O. The monoisotopic (exact) mass is 358 g/mol. The number of hydrogen-bond acceptors (Lipinski definition) is 3. The van der Waals surface area contributed by atoms with Crippen LogP contribution >= 0.6 is 24.0 Å². The van der Waals surface area contributed by atoms with Gasteiger partial charge >= 0.3 is 6.18 Å². The predicted octanol–water partition coefficient (Wildman–Crippen LogP) is 3.11. The molecule has 0 spiro atoms. The molecule has 1 fully saturated rings. The summed E-state index contributed by atoms with van der Waals surface area (Å²) in [7, 11) is 0. The molecule has 1 aliphatic heterocycles. The van der Waals surface area contributed by atoms with E-state index in [9.17, 15) is 18.3 Å². The lowest BCUT2D eigenvalue weighted by Crippen LogP contribution is -2.45. The average Bonchev–Trinajstić information content (AvgIpc) is 2.44. The van der Waals surface area contributed by atoms with Gasteiger partial charge in [0.1, 0.15) is 0 Å². The van der Waals surface area contributed by atoms with Crippen LogP contribution in [0.4, 0.5) is 13.2 Å². The molecule has 0 amide bonds. The van der Waals surface area contributed by atoms with Crippen molar-refractivity contribution in [2.45, 2.75) is 18.6 Å². The molecule has 1 atom stereocenters. The van der Waals surface area contributed by atoms with Crippen LogP contribution in [0.2, 0.25) is 5.02 Å². The van der Waals surface area contributed by atoms with Gasteiger partial charge in [-0.3, -0.25) is 4.90 Å². The van der Waals surface area contributed by atoms with Gasteiger partial charge in [-0.25, -0.2) is 0 Å². The van der Waals surface area contributed by atoms with Crippen molar-refractivity contribution in [1.29, 1.82) is 0 Å². The second-order valence-electron chi connectivity index (χ2n) is 5.09. The number of nitrogens with zero attached hydrogens (tertiary/aromatic N) is 1. The summed E-state index contributed by atoms with van der Waals surface area (Å²) in [5.41, 5.74) is -0.242. The Balaban J connectivity index is 0.00000242. The predicted molar refractivity (Wildman–Crippen MR) is 82.6 cm³/mol. The number of aliphatic hydroxyl groups is 1. The number of alkyl halides is 3. The van der Waals surface area contributed by atoms with Crippen LogP contribution in [-0.4, -0.2) is 42.8 Å². The van der Waals surface area contributed by atoms with Gasteiger partial charge in [0, 0.05) is 43.9 Å². The van der Waals surface area contributed by atoms with Crippen molar-refractivity contribution < 1.29 is 18.3 Å². The Bertz CT molecular complexity index is 480. The summed E-state index contributed by atoms with van der Waals surface area (Å²) in [5, 5.41) is 12.5. The lowest BCUT2D eigenvalue weighted by Gasteiger charge is -2.35. The van der Waals surface area contributed by atoms with Crippen molar-refractivity contribution in [2.24, 2.45) is 0 Å². The first-order chi connectivity index (χ1) is 9.91. The molecular weight excluding hydrogens is 340 g/mol. The van der Waals surface area contributed by atoms with E-state index in [0.717, 1.165) is 38.3 Å². The molecule has 1 heterocycles. The zero-order chi connectivity index (χ0) is 15.5. The Morgan fingerprint density at radius 1 is 1.23 bits per heavy atom. The first kappa shape index (κ1) is 19.5. The lowest BCUT2D eigenvalue weighted by molar-refractivity contribution is -0.137. The van der Waals surface area contributed by atoms with E-state index in [0.29, 0.717) is 12.0 Å². The van der Waals surface area contributed by atoms with Crippen LogP contribution in [0.5, 0.6) is 0 Å². The normalized spacial score (nSPS) is 17.9. The first-order valence-corrected chi connectivity index (χ1v) is 7.23. The summed E-state index contributed by atoms with van der Waals surface area (Å²) >= 11 is 5.85. The van der Waals surface area contributed by atoms with Gasteiger partial charge in [-0.15, -0.1) is 12.4 Å². The number of aliphatic hydroxyl groups excluding tert-OH is 1. The van der Waals surface area contributed by atoms with Crippen LogP contribution in [0.25, 0.3) is 0 Å². The summed E-state index contributed by atoms with van der Waals surface area (Å²) in [6.45, 7) is 2.96. The van der Waals surface area contributed by atoms with Crippen molar-refractivity contribution in [3.05, 3.63) is 34.3 Å². The summed E-state index contributed by atoms with van der Waals surface area (Å²) in [6.07, 6.45) is -4.04. The average molecular weight is 359 g/mol. The first-order valence-electron chi connectivity index (χ1n) is 6.85. The van der Waals surface area contributed by atoms with Crippen LogP contribution < -0.4 is 5.32 Å². The molecule has 1 aromatic carbocycles. The van der Waals surface area contributed by atoms with E-state index in [2.05, 4.69) is 10.2 Å². The third-order valence-electron chi connectivity index (χ3n) is 3.63. The molecule has 22 heavy (non-hydrogen) atoms. The maximum Gasteiger partial charge on any atom is 0.416 e. The molecule has 0 saturated carbocycles. The van der Waals surface area contributed by atoms with Gasteiger partial charge in [0.2, 0.25) is 0 Å². The fraction of sp³-hybridized carbons (Fsp3) is 0.571. The summed E-state index contributed by atoms with van der Waals surface area (Å²) in [6, 6.07) is 3.36. The Labute approximate surface area is 138 Å². The van der Waals surface area contributed by atoms with E-state index in [-0.39, 0.29) is 30.1 Å². The van der Waals surface area contributed by atoms with Crippen LogP contribution in [-0.2, 0) is 6.18 Å². The van der Waals surface area contributed by atoms with Crippen molar-refractivity contribution >= 4 is 24.0 Å². The van der Waals surface area contributed by atoms with Gasteiger partial charge in [-0.05, 0) is 30.2 Å². The van der Waals surface area contributed by atoms with Crippen molar-refractivity contribution in [2.75, 3.05) is 32.8 Å². The van der Waals surface area contributed by atoms with Crippen LogP contribution in [0.15, 0.2) is 18.2 Å². The Kier molecular flexibility index (Phi) is 7.41. The second kappa shape index (κ2) is 8.36. The molecule has 0 radical (unpaired) electrons. The van der Waals surface area contributed by atoms with E-state index >= 15 is 0 Å². The van der Waals surface area contributed by atoms with Gasteiger partial charge in [0.05, 0.1) is 5.56 Å². The number of nitrogens with one attached hydrogen (secondary N) is 1. The molecule has 1 aromatic rings. The molecule has 2 rings (SSSR count). The molecule has 0 aliphatic carbocycles. The van der Waals surface area contributed by atoms with E-state index in [1.54, 1.807) is 6.07 Å². The number of hydrogen-bond donors (Lipinski definition) is 2. The highest BCUT2D eigenvalue weighted by Crippen LogP contribution is 2.35. The lowest BCUT2D eigenvalue weighted by atomic mass is 9.99. The minimum atomic E-state index is -4.42. The van der Waals surface area contributed by atoms with E-state index in [4.69, 9.17) is 11.6 Å². The number of rotatable bonds is 4. The van der Waals surface area contributed by atoms with E-state index in [1.165, 1.54) is 0 Å². The third kappa shape index (κ3) is 4.99. The van der Waals surface area contributed by atoms with Crippen molar-refractivity contribution in [3.63, 3.8) is 0 Å². The number of benzene rings is 1. The smallest absolute Gasteiger partial charge is 0.396 e. The molecule has 8 heteroatoms. The zero-order valence-corrected chi connectivity index (χ0v) is 13.4. The molecule has 1 saturated heterocycles. The topological polar surface area (TPSA) is 35.5 Å². The molecule has 1 aliphatic rings. The van der Waals surface area contributed by atoms with Crippen LogP contribution in [0.3, 0.4) is 0 Å². The quantitative estimate of drug-likeness (QED) is 0.867. The van der Waals surface area contributed by atoms with Gasteiger partial charge < -0.3 is 10.4 Å². The Morgan fingerprint density at radius 2 is 1.86 bits per heavy atom. The molecule has 0 bridgehead atoms. The summed E-state index contributed by atoms with van der Waals surface area (Å²) in [4.78, 5) is 2.08. The zero-order valence-electron chi connectivity index (χ0n) is 11.9. The van der Waals surface area contributed by atoms with Crippen LogP contribution in [0, 0.1) is 0 Å². The number of halogens is 5. The van der Waals surface area contributed by atoms with Gasteiger partial charge in [-0.1, -0.05) is 11.6 Å². The fourth-order valence-electron chi connectivity index (χ4n) is 2.64. The molecule has 2 N–H and O–H groups in total. The molecule has 0 unspecified atom stereocenters. The van der Waals surface area contributed by atoms with Crippen molar-refractivity contribution in [3.8, 4) is 0 Å². The number of piperazine rings is 1. The fourth-order valence-corrected chi connectivity index (χ4v) is 2.89. The SMILES string of the molecule is Cl.OCC[C@H](c1cc(Cl)cc(C(F)(F)F)c1)N1CCNCC1. The molecule has 0 aromatic heterocycles. The molecule has 3 nitrogen and oxygen atoms in total. The van der Waals surface area contributed by atoms with Gasteiger partial charge in [0.25, 0.3) is 0 Å². The highest BCUT2D eigenvalue weighted by atomic mass is 35.5. The summed E-state index contributed by atoms with van der Waals surface area (Å²) < 4.78 is 38.7. The Morgan fingerprint density at radius 3 is 2.41 bits per heavy atom. The molecule has 126 valence electrons. The maximum absolute atomic E-state index is 12.9. The van der Waals surface area contributed by atoms with E-state index < -0.39 is 11.7 Å². The highest BCUT2D eigenvalue weighted by Gasteiger charge is 2.32. The summed E-state index contributed by atoms with van der Waals surface area (Å²) in [5.74, 6) is 0. The minimum absolute atomic E-state index is 0. The largest absolute Gasteiger partial charge is 0.416 e. The minimum Gasteiger partial charge on any atom is -0.396 e. The Hall–Kier alpha value is -0.530. The van der Waals surface area contributed by atoms with E-state index in [1.807, 2.05) is 0 Å². The van der Waals surface area contributed by atoms with Crippen LogP contribution in [0.1, 0.15) is 23.6 Å². The van der Waals surface area contributed by atoms with Gasteiger partial charge in [0.15, 0.2) is 0 Å². The highest BCUT2D eigenvalue weighted by molar-refractivity contribution is 6.30. The maximum atomic E-state index is 12.9. The standard InChI is InChI=1S/C14H18ClF3N2O.ClH/c15-12-8-10(7-11(9-12)14(16,17)18)13(1-6-21)20-4-2-19-3-5-20;/h7-9,13,19,21H,1-6H2;1H/t13-;/m1./s1. The third-order valence-corrected chi connectivity index (χ3v) is 3.85. The second-order valence-corrected chi connectivity index (χ2v) is 5.52.